The maximum atomic E-state index is 11.5. The number of benzene rings is 1. The van der Waals surface area contributed by atoms with Crippen LogP contribution in [0.1, 0.15) is 36.5 Å². The lowest BCUT2D eigenvalue weighted by Crippen LogP contribution is -2.07. The molecule has 0 aliphatic rings. The first-order valence-electron chi connectivity index (χ1n) is 6.13. The third-order valence-corrected chi connectivity index (χ3v) is 2.26. The summed E-state index contributed by atoms with van der Waals surface area (Å²) in [6, 6.07) is 6.74. The van der Waals surface area contributed by atoms with Crippen LogP contribution in [0.25, 0.3) is 0 Å². The van der Waals surface area contributed by atoms with Crippen LogP contribution in [0.2, 0.25) is 0 Å². The summed E-state index contributed by atoms with van der Waals surface area (Å²) in [5, 5.41) is 0. The molecule has 0 atom stereocenters. The SMILES string of the molecule is [CH2]CCCCOOC(=O)c1ccc(OCC)cc1. The Labute approximate surface area is 108 Å². The highest BCUT2D eigenvalue weighted by Crippen LogP contribution is 2.12. The molecule has 0 saturated carbocycles. The van der Waals surface area contributed by atoms with Gasteiger partial charge in [0.2, 0.25) is 0 Å². The van der Waals surface area contributed by atoms with Crippen LogP contribution in [0, 0.1) is 6.92 Å². The highest BCUT2D eigenvalue weighted by atomic mass is 17.2. The normalized spacial score (nSPS) is 10.1. The van der Waals surface area contributed by atoms with Gasteiger partial charge in [0, 0.05) is 0 Å². The highest BCUT2D eigenvalue weighted by molar-refractivity contribution is 5.89. The highest BCUT2D eigenvalue weighted by Gasteiger charge is 2.08. The molecule has 0 saturated heterocycles. The van der Waals surface area contributed by atoms with Crippen LogP contribution in [0.4, 0.5) is 0 Å². The van der Waals surface area contributed by atoms with E-state index in [0.717, 1.165) is 25.0 Å². The lowest BCUT2D eigenvalue weighted by molar-refractivity contribution is -0.241. The lowest BCUT2D eigenvalue weighted by Gasteiger charge is -2.05. The van der Waals surface area contributed by atoms with Gasteiger partial charge in [-0.2, -0.15) is 4.89 Å². The molecule has 0 N–H and O–H groups in total. The first-order chi connectivity index (χ1) is 8.77. The predicted octanol–water partition coefficient (Wildman–Crippen LogP) is 3.18. The molecule has 0 aliphatic carbocycles. The van der Waals surface area contributed by atoms with Gasteiger partial charge in [0.15, 0.2) is 0 Å². The van der Waals surface area contributed by atoms with Gasteiger partial charge in [0.05, 0.1) is 18.8 Å². The fraction of sp³-hybridized carbons (Fsp3) is 0.429. The van der Waals surface area contributed by atoms with Crippen molar-refractivity contribution in [3.63, 3.8) is 0 Å². The molecule has 1 aromatic carbocycles. The van der Waals surface area contributed by atoms with Crippen LogP contribution in [-0.4, -0.2) is 19.2 Å². The number of carbonyl (C=O) groups is 1. The molecule has 1 radical (unpaired) electrons. The summed E-state index contributed by atoms with van der Waals surface area (Å²) >= 11 is 0. The van der Waals surface area contributed by atoms with Crippen LogP contribution in [0.15, 0.2) is 24.3 Å². The second kappa shape index (κ2) is 8.53. The van der Waals surface area contributed by atoms with E-state index in [2.05, 4.69) is 11.8 Å². The maximum Gasteiger partial charge on any atom is 0.373 e. The standard InChI is InChI=1S/C14H19O4/c1-3-5-6-11-17-18-14(15)12-7-9-13(10-8-12)16-4-2/h7-10H,1,3-6,11H2,2H3. The Hall–Kier alpha value is -1.55. The number of hydrogen-bond donors (Lipinski definition) is 0. The molecule has 99 valence electrons. The monoisotopic (exact) mass is 251 g/mol. The van der Waals surface area contributed by atoms with E-state index in [1.807, 2.05) is 6.92 Å². The first kappa shape index (κ1) is 14.5. The van der Waals surface area contributed by atoms with Crippen LogP contribution in [0.3, 0.4) is 0 Å². The van der Waals surface area contributed by atoms with E-state index in [9.17, 15) is 4.79 Å². The van der Waals surface area contributed by atoms with Crippen LogP contribution < -0.4 is 4.74 Å². The van der Waals surface area contributed by atoms with E-state index in [1.54, 1.807) is 24.3 Å². The van der Waals surface area contributed by atoms with Gasteiger partial charge in [0.1, 0.15) is 5.75 Å². The average Bonchev–Trinajstić information content (AvgIpc) is 2.39. The van der Waals surface area contributed by atoms with Gasteiger partial charge in [-0.3, -0.25) is 4.89 Å². The van der Waals surface area contributed by atoms with E-state index in [4.69, 9.17) is 9.62 Å². The maximum absolute atomic E-state index is 11.5. The largest absolute Gasteiger partial charge is 0.494 e. The van der Waals surface area contributed by atoms with Crippen molar-refractivity contribution < 1.29 is 19.3 Å². The van der Waals surface area contributed by atoms with Gasteiger partial charge in [-0.05, 0) is 37.6 Å². The molecule has 0 bridgehead atoms. The molecular weight excluding hydrogens is 232 g/mol. The molecule has 0 aliphatic heterocycles. The Bertz CT molecular complexity index is 345. The fourth-order valence-corrected chi connectivity index (χ4v) is 1.33. The summed E-state index contributed by atoms with van der Waals surface area (Å²) in [5.74, 6) is 0.234. The van der Waals surface area contributed by atoms with Crippen molar-refractivity contribution in [3.8, 4) is 5.75 Å². The van der Waals surface area contributed by atoms with Crippen LogP contribution in [0.5, 0.6) is 5.75 Å². The zero-order valence-corrected chi connectivity index (χ0v) is 10.7. The van der Waals surface area contributed by atoms with Crippen molar-refractivity contribution in [2.24, 2.45) is 0 Å². The van der Waals surface area contributed by atoms with Gasteiger partial charge in [-0.25, -0.2) is 4.79 Å². The second-order valence-corrected chi connectivity index (χ2v) is 3.71. The summed E-state index contributed by atoms with van der Waals surface area (Å²) in [5.41, 5.74) is 0.440. The van der Waals surface area contributed by atoms with Gasteiger partial charge >= 0.3 is 5.97 Å². The molecule has 0 amide bonds. The van der Waals surface area contributed by atoms with Crippen molar-refractivity contribution in [2.45, 2.75) is 26.2 Å². The van der Waals surface area contributed by atoms with E-state index in [0.29, 0.717) is 18.8 Å². The molecule has 0 fully saturated rings. The zero-order valence-electron chi connectivity index (χ0n) is 10.7. The smallest absolute Gasteiger partial charge is 0.373 e. The van der Waals surface area contributed by atoms with Gasteiger partial charge in [-0.1, -0.05) is 19.8 Å². The Morgan fingerprint density at radius 3 is 2.56 bits per heavy atom. The summed E-state index contributed by atoms with van der Waals surface area (Å²) < 4.78 is 5.28. The Kier molecular flexibility index (Phi) is 6.87. The van der Waals surface area contributed by atoms with Gasteiger partial charge in [-0.15, -0.1) is 0 Å². The quantitative estimate of drug-likeness (QED) is 0.404. The number of rotatable bonds is 8. The van der Waals surface area contributed by atoms with Crippen molar-refractivity contribution >= 4 is 5.97 Å². The molecule has 0 spiro atoms. The third kappa shape index (κ3) is 5.19. The molecule has 4 nitrogen and oxygen atoms in total. The Balaban J connectivity index is 2.32. The fourth-order valence-electron chi connectivity index (χ4n) is 1.33. The van der Waals surface area contributed by atoms with E-state index in [-0.39, 0.29) is 0 Å². The third-order valence-electron chi connectivity index (χ3n) is 2.26. The molecule has 0 aromatic heterocycles. The van der Waals surface area contributed by atoms with Gasteiger partial charge in [0.25, 0.3) is 0 Å². The summed E-state index contributed by atoms with van der Waals surface area (Å²) in [6.45, 7) is 6.62. The predicted molar refractivity (Wildman–Crippen MR) is 68.2 cm³/mol. The molecule has 4 heteroatoms. The minimum Gasteiger partial charge on any atom is -0.494 e. The van der Waals surface area contributed by atoms with Crippen molar-refractivity contribution in [1.82, 2.24) is 0 Å². The minimum absolute atomic E-state index is 0.401. The molecular formula is C14H19O4. The van der Waals surface area contributed by atoms with Crippen molar-refractivity contribution in [1.29, 1.82) is 0 Å². The average molecular weight is 251 g/mol. The van der Waals surface area contributed by atoms with E-state index >= 15 is 0 Å². The topological polar surface area (TPSA) is 44.8 Å². The van der Waals surface area contributed by atoms with E-state index < -0.39 is 5.97 Å². The number of hydrogen-bond acceptors (Lipinski definition) is 4. The summed E-state index contributed by atoms with van der Waals surface area (Å²) in [4.78, 5) is 21.0. The number of unbranched alkanes of at least 4 members (excludes halogenated alkanes) is 2. The summed E-state index contributed by atoms with van der Waals surface area (Å²) in [6.07, 6.45) is 2.65. The molecule has 1 aromatic rings. The summed E-state index contributed by atoms with van der Waals surface area (Å²) in [7, 11) is 0. The van der Waals surface area contributed by atoms with Crippen molar-refractivity contribution in [3.05, 3.63) is 36.8 Å². The molecule has 1 rings (SSSR count). The second-order valence-electron chi connectivity index (χ2n) is 3.71. The van der Waals surface area contributed by atoms with Crippen LogP contribution in [-0.2, 0) is 9.78 Å². The number of carbonyl (C=O) groups excluding carboxylic acids is 1. The zero-order chi connectivity index (χ0) is 13.2. The molecule has 0 unspecified atom stereocenters. The number of ether oxygens (including phenoxy) is 1. The first-order valence-corrected chi connectivity index (χ1v) is 6.13. The molecule has 0 heterocycles. The van der Waals surface area contributed by atoms with Crippen molar-refractivity contribution in [2.75, 3.05) is 13.2 Å². The minimum atomic E-state index is -0.493. The molecule has 18 heavy (non-hydrogen) atoms. The van der Waals surface area contributed by atoms with Gasteiger partial charge < -0.3 is 4.74 Å². The lowest BCUT2D eigenvalue weighted by atomic mass is 10.2. The van der Waals surface area contributed by atoms with E-state index in [1.165, 1.54) is 0 Å². The Morgan fingerprint density at radius 2 is 1.94 bits per heavy atom. The Morgan fingerprint density at radius 1 is 1.22 bits per heavy atom. The van der Waals surface area contributed by atoms with Crippen LogP contribution >= 0.6 is 0 Å².